The van der Waals surface area contributed by atoms with Gasteiger partial charge in [0.05, 0.1) is 12.3 Å². The maximum atomic E-state index is 11.6. The Balaban J connectivity index is 2.49. The zero-order valence-corrected chi connectivity index (χ0v) is 10.8. The van der Waals surface area contributed by atoms with Crippen molar-refractivity contribution in [2.45, 2.75) is 31.8 Å². The van der Waals surface area contributed by atoms with Crippen LogP contribution < -0.4 is 10.6 Å². The van der Waals surface area contributed by atoms with Crippen molar-refractivity contribution in [3.05, 3.63) is 24.2 Å². The first-order chi connectivity index (χ1) is 9.40. The van der Waals surface area contributed by atoms with Gasteiger partial charge in [-0.05, 0) is 25.5 Å². The Hall–Kier alpha value is -2.51. The van der Waals surface area contributed by atoms with Crippen molar-refractivity contribution < 1.29 is 29.0 Å². The van der Waals surface area contributed by atoms with Crippen molar-refractivity contribution in [2.75, 3.05) is 0 Å². The minimum atomic E-state index is -1.29. The highest BCUT2D eigenvalue weighted by Gasteiger charge is 2.22. The number of nitrogens with one attached hydrogen (secondary N) is 2. The topological polar surface area (TPSA) is 129 Å². The van der Waals surface area contributed by atoms with Crippen LogP contribution >= 0.6 is 0 Å². The molecule has 0 aliphatic carbocycles. The molecule has 1 heterocycles. The second-order valence-corrected chi connectivity index (χ2v) is 4.18. The van der Waals surface area contributed by atoms with Crippen LogP contribution in [0.1, 0.15) is 31.6 Å². The lowest BCUT2D eigenvalue weighted by molar-refractivity contribution is -0.140. The van der Waals surface area contributed by atoms with Crippen molar-refractivity contribution in [3.63, 3.8) is 0 Å². The summed E-state index contributed by atoms with van der Waals surface area (Å²) < 4.78 is 5.09. The van der Waals surface area contributed by atoms with E-state index in [0.717, 1.165) is 0 Å². The fraction of sp³-hybridized carbons (Fsp3) is 0.417. The van der Waals surface area contributed by atoms with Crippen LogP contribution in [0.2, 0.25) is 0 Å². The van der Waals surface area contributed by atoms with Crippen molar-refractivity contribution in [1.82, 2.24) is 10.6 Å². The number of carbonyl (C=O) groups is 3. The van der Waals surface area contributed by atoms with Crippen LogP contribution in [0.3, 0.4) is 0 Å². The average molecular weight is 284 g/mol. The molecule has 0 saturated carbocycles. The molecule has 0 spiro atoms. The number of urea groups is 1. The molecule has 0 aliphatic heterocycles. The van der Waals surface area contributed by atoms with Gasteiger partial charge in [0.15, 0.2) is 0 Å². The molecule has 4 N–H and O–H groups in total. The molecule has 1 rings (SSSR count). The van der Waals surface area contributed by atoms with Crippen LogP contribution in [0, 0.1) is 0 Å². The molecule has 8 nitrogen and oxygen atoms in total. The van der Waals surface area contributed by atoms with Crippen molar-refractivity contribution in [1.29, 1.82) is 0 Å². The lowest BCUT2D eigenvalue weighted by Gasteiger charge is -2.16. The summed E-state index contributed by atoms with van der Waals surface area (Å²) in [6.45, 7) is 1.67. The van der Waals surface area contributed by atoms with Crippen molar-refractivity contribution in [2.24, 2.45) is 0 Å². The third-order valence-corrected chi connectivity index (χ3v) is 2.57. The number of carboxylic acid groups (broad SMARTS) is 2. The standard InChI is InChI=1S/C12H16N2O6/c1-7(9-3-2-6-20-9)13-12(19)14-8(11(17)18)4-5-10(15)16/h2-3,6-8H,4-5H2,1H3,(H,15,16)(H,17,18)(H2,13,14,19). The molecule has 2 atom stereocenters. The van der Waals surface area contributed by atoms with Gasteiger partial charge in [-0.25, -0.2) is 9.59 Å². The number of carboxylic acids is 2. The summed E-state index contributed by atoms with van der Waals surface area (Å²) in [6, 6.07) is 0.947. The molecule has 20 heavy (non-hydrogen) atoms. The van der Waals surface area contributed by atoms with E-state index in [1.54, 1.807) is 19.1 Å². The van der Waals surface area contributed by atoms with E-state index >= 15 is 0 Å². The first-order valence-corrected chi connectivity index (χ1v) is 5.95. The van der Waals surface area contributed by atoms with Gasteiger partial charge in [-0.1, -0.05) is 0 Å². The second-order valence-electron chi connectivity index (χ2n) is 4.18. The largest absolute Gasteiger partial charge is 0.481 e. The molecule has 2 amide bonds. The van der Waals surface area contributed by atoms with E-state index in [2.05, 4.69) is 10.6 Å². The van der Waals surface area contributed by atoms with E-state index in [4.69, 9.17) is 14.6 Å². The van der Waals surface area contributed by atoms with Crippen molar-refractivity contribution in [3.8, 4) is 0 Å². The number of aliphatic carboxylic acids is 2. The van der Waals surface area contributed by atoms with Crippen LogP contribution in [0.4, 0.5) is 4.79 Å². The third kappa shape index (κ3) is 5.01. The molecule has 0 saturated heterocycles. The van der Waals surface area contributed by atoms with Crippen LogP contribution in [-0.2, 0) is 9.59 Å². The van der Waals surface area contributed by atoms with Gasteiger partial charge < -0.3 is 25.3 Å². The van der Waals surface area contributed by atoms with E-state index in [-0.39, 0.29) is 12.8 Å². The molecule has 0 aromatic carbocycles. The van der Waals surface area contributed by atoms with Crippen LogP contribution in [-0.4, -0.2) is 34.2 Å². The Bertz CT molecular complexity index is 470. The van der Waals surface area contributed by atoms with Gasteiger partial charge in [-0.15, -0.1) is 0 Å². The molecule has 0 radical (unpaired) electrons. The van der Waals surface area contributed by atoms with Crippen LogP contribution in [0.5, 0.6) is 0 Å². The molecular weight excluding hydrogens is 268 g/mol. The smallest absolute Gasteiger partial charge is 0.326 e. The predicted molar refractivity (Wildman–Crippen MR) is 67.1 cm³/mol. The van der Waals surface area contributed by atoms with E-state index < -0.39 is 30.1 Å². The summed E-state index contributed by atoms with van der Waals surface area (Å²) in [5, 5.41) is 22.1. The molecule has 2 unspecified atom stereocenters. The zero-order chi connectivity index (χ0) is 15.1. The van der Waals surface area contributed by atoms with E-state index in [1.165, 1.54) is 6.26 Å². The molecule has 110 valence electrons. The Morgan fingerprint density at radius 3 is 2.50 bits per heavy atom. The molecule has 0 aliphatic rings. The summed E-state index contributed by atoms with van der Waals surface area (Å²) in [5.74, 6) is -1.88. The molecule has 8 heteroatoms. The minimum Gasteiger partial charge on any atom is -0.481 e. The summed E-state index contributed by atoms with van der Waals surface area (Å²) in [4.78, 5) is 33.0. The maximum Gasteiger partial charge on any atom is 0.326 e. The van der Waals surface area contributed by atoms with Gasteiger partial charge in [-0.2, -0.15) is 0 Å². The van der Waals surface area contributed by atoms with Gasteiger partial charge in [-0.3, -0.25) is 4.79 Å². The lowest BCUT2D eigenvalue weighted by atomic mass is 10.1. The van der Waals surface area contributed by atoms with Crippen LogP contribution in [0.15, 0.2) is 22.8 Å². The first-order valence-electron chi connectivity index (χ1n) is 5.95. The van der Waals surface area contributed by atoms with Gasteiger partial charge in [0.1, 0.15) is 11.8 Å². The summed E-state index contributed by atoms with van der Waals surface area (Å²) in [5.41, 5.74) is 0. The highest BCUT2D eigenvalue weighted by molar-refractivity contribution is 5.83. The monoisotopic (exact) mass is 284 g/mol. The Morgan fingerprint density at radius 1 is 1.30 bits per heavy atom. The predicted octanol–water partition coefficient (Wildman–Crippen LogP) is 0.958. The third-order valence-electron chi connectivity index (χ3n) is 2.57. The highest BCUT2D eigenvalue weighted by Crippen LogP contribution is 2.11. The van der Waals surface area contributed by atoms with E-state index in [1.807, 2.05) is 0 Å². The normalized spacial score (nSPS) is 13.2. The molecule has 1 aromatic heterocycles. The maximum absolute atomic E-state index is 11.6. The summed E-state index contributed by atoms with van der Waals surface area (Å²) in [6.07, 6.45) is 0.927. The number of rotatable bonds is 7. The van der Waals surface area contributed by atoms with Crippen molar-refractivity contribution >= 4 is 18.0 Å². The minimum absolute atomic E-state index is 0.187. The van der Waals surface area contributed by atoms with E-state index in [9.17, 15) is 14.4 Å². The Morgan fingerprint density at radius 2 is 2.00 bits per heavy atom. The van der Waals surface area contributed by atoms with E-state index in [0.29, 0.717) is 5.76 Å². The summed E-state index contributed by atoms with van der Waals surface area (Å²) in [7, 11) is 0. The zero-order valence-electron chi connectivity index (χ0n) is 10.8. The number of amides is 2. The van der Waals surface area contributed by atoms with Gasteiger partial charge >= 0.3 is 18.0 Å². The molecule has 1 aromatic rings. The second kappa shape index (κ2) is 7.17. The average Bonchev–Trinajstić information content (AvgIpc) is 2.87. The van der Waals surface area contributed by atoms with Crippen LogP contribution in [0.25, 0.3) is 0 Å². The lowest BCUT2D eigenvalue weighted by Crippen LogP contribution is -2.46. The number of carbonyl (C=O) groups excluding carboxylic acids is 1. The van der Waals surface area contributed by atoms with Gasteiger partial charge in [0.25, 0.3) is 0 Å². The SMILES string of the molecule is CC(NC(=O)NC(CCC(=O)O)C(=O)O)c1ccco1. The summed E-state index contributed by atoms with van der Waals surface area (Å²) >= 11 is 0. The molecule has 0 fully saturated rings. The van der Waals surface area contributed by atoms with Gasteiger partial charge in [0.2, 0.25) is 0 Å². The fourth-order valence-corrected chi connectivity index (χ4v) is 1.53. The quantitative estimate of drug-likeness (QED) is 0.590. The fourth-order valence-electron chi connectivity index (χ4n) is 1.53. The number of furan rings is 1. The van der Waals surface area contributed by atoms with Gasteiger partial charge in [0, 0.05) is 6.42 Å². The number of hydrogen-bond acceptors (Lipinski definition) is 4. The first kappa shape index (κ1) is 15.5. The molecular formula is C12H16N2O6. The Kier molecular flexibility index (Phi) is 5.57. The Labute approximate surface area is 114 Å². The molecule has 0 bridgehead atoms. The number of hydrogen-bond donors (Lipinski definition) is 4. The highest BCUT2D eigenvalue weighted by atomic mass is 16.4.